The molecule has 1 saturated carbocycles. The number of aromatic amines is 1. The topological polar surface area (TPSA) is 66.7 Å². The van der Waals surface area contributed by atoms with E-state index in [4.69, 9.17) is 5.73 Å². The monoisotopic (exact) mass is 180 g/mol. The summed E-state index contributed by atoms with van der Waals surface area (Å²) in [6.45, 7) is 6.38. The SMILES string of the molecule is Cc1nc(NC2CC2(C)C)c(N)[nH]1. The van der Waals surface area contributed by atoms with Crippen LogP contribution in [0.5, 0.6) is 0 Å². The minimum absolute atomic E-state index is 0.402. The van der Waals surface area contributed by atoms with E-state index in [0.717, 1.165) is 11.6 Å². The highest BCUT2D eigenvalue weighted by Crippen LogP contribution is 2.46. The first-order chi connectivity index (χ1) is 5.99. The van der Waals surface area contributed by atoms with Gasteiger partial charge < -0.3 is 16.0 Å². The molecule has 1 aromatic rings. The Kier molecular flexibility index (Phi) is 1.55. The Balaban J connectivity index is 2.07. The second-order valence-corrected chi connectivity index (χ2v) is 4.47. The zero-order valence-corrected chi connectivity index (χ0v) is 8.31. The maximum atomic E-state index is 5.73. The van der Waals surface area contributed by atoms with Gasteiger partial charge in [0.2, 0.25) is 0 Å². The lowest BCUT2D eigenvalue weighted by atomic mass is 10.2. The van der Waals surface area contributed by atoms with Crippen molar-refractivity contribution in [2.24, 2.45) is 5.41 Å². The Hall–Kier alpha value is -1.19. The first-order valence-corrected chi connectivity index (χ1v) is 4.58. The number of hydrogen-bond donors (Lipinski definition) is 3. The van der Waals surface area contributed by atoms with E-state index in [1.54, 1.807) is 0 Å². The van der Waals surface area contributed by atoms with E-state index in [1.807, 2.05) is 6.92 Å². The van der Waals surface area contributed by atoms with Crippen molar-refractivity contribution >= 4 is 11.6 Å². The van der Waals surface area contributed by atoms with Gasteiger partial charge in [0, 0.05) is 6.04 Å². The molecule has 4 heteroatoms. The fraction of sp³-hybridized carbons (Fsp3) is 0.667. The summed E-state index contributed by atoms with van der Waals surface area (Å²) < 4.78 is 0. The normalized spacial score (nSPS) is 24.4. The molecule has 1 fully saturated rings. The van der Waals surface area contributed by atoms with Crippen molar-refractivity contribution in [2.45, 2.75) is 33.2 Å². The summed E-state index contributed by atoms with van der Waals surface area (Å²) in [4.78, 5) is 7.24. The number of rotatable bonds is 2. The molecule has 72 valence electrons. The Labute approximate surface area is 77.9 Å². The van der Waals surface area contributed by atoms with E-state index in [0.29, 0.717) is 17.3 Å². The molecule has 1 aliphatic carbocycles. The second-order valence-electron chi connectivity index (χ2n) is 4.47. The summed E-state index contributed by atoms with van der Waals surface area (Å²) in [5.41, 5.74) is 6.13. The maximum Gasteiger partial charge on any atom is 0.169 e. The van der Waals surface area contributed by atoms with Gasteiger partial charge in [0.1, 0.15) is 11.6 Å². The maximum absolute atomic E-state index is 5.73. The summed E-state index contributed by atoms with van der Waals surface area (Å²) in [6, 6.07) is 0.525. The van der Waals surface area contributed by atoms with Gasteiger partial charge in [-0.05, 0) is 18.8 Å². The quantitative estimate of drug-likeness (QED) is 0.646. The van der Waals surface area contributed by atoms with E-state index < -0.39 is 0 Å². The van der Waals surface area contributed by atoms with Crippen molar-refractivity contribution in [3.05, 3.63) is 5.82 Å². The van der Waals surface area contributed by atoms with Crippen LogP contribution in [0.3, 0.4) is 0 Å². The fourth-order valence-corrected chi connectivity index (χ4v) is 1.50. The largest absolute Gasteiger partial charge is 0.382 e. The number of nitrogens with two attached hydrogens (primary N) is 1. The first-order valence-electron chi connectivity index (χ1n) is 4.58. The van der Waals surface area contributed by atoms with Crippen molar-refractivity contribution in [3.63, 3.8) is 0 Å². The Morgan fingerprint density at radius 1 is 1.62 bits per heavy atom. The van der Waals surface area contributed by atoms with Crippen LogP contribution in [0.2, 0.25) is 0 Å². The van der Waals surface area contributed by atoms with Crippen LogP contribution in [0.15, 0.2) is 0 Å². The zero-order chi connectivity index (χ0) is 9.64. The predicted octanol–water partition coefficient (Wildman–Crippen LogP) is 1.51. The first kappa shape index (κ1) is 8.41. The average Bonchev–Trinajstić information content (AvgIpc) is 2.43. The number of hydrogen-bond acceptors (Lipinski definition) is 3. The average molecular weight is 180 g/mol. The summed E-state index contributed by atoms with van der Waals surface area (Å²) in [5, 5.41) is 3.33. The Morgan fingerprint density at radius 3 is 2.62 bits per heavy atom. The lowest BCUT2D eigenvalue weighted by molar-refractivity contribution is 0.630. The lowest BCUT2D eigenvalue weighted by Gasteiger charge is -2.05. The minimum atomic E-state index is 0.402. The molecule has 0 amide bonds. The van der Waals surface area contributed by atoms with Gasteiger partial charge in [-0.3, -0.25) is 0 Å². The van der Waals surface area contributed by atoms with Gasteiger partial charge in [-0.1, -0.05) is 13.8 Å². The van der Waals surface area contributed by atoms with Crippen molar-refractivity contribution in [3.8, 4) is 0 Å². The predicted molar refractivity (Wildman–Crippen MR) is 53.5 cm³/mol. The van der Waals surface area contributed by atoms with Crippen molar-refractivity contribution in [1.29, 1.82) is 0 Å². The number of aryl methyl sites for hydroxylation is 1. The molecule has 1 aliphatic rings. The standard InChI is InChI=1S/C9H16N4/c1-5-11-7(10)8(12-5)13-6-4-9(6,2)3/h6,13H,4,10H2,1-3H3,(H,11,12). The van der Waals surface area contributed by atoms with Crippen LogP contribution in [-0.2, 0) is 0 Å². The van der Waals surface area contributed by atoms with Gasteiger partial charge in [0.25, 0.3) is 0 Å². The molecule has 0 spiro atoms. The molecule has 0 bridgehead atoms. The molecular weight excluding hydrogens is 164 g/mol. The second kappa shape index (κ2) is 2.40. The summed E-state index contributed by atoms with van der Waals surface area (Å²) >= 11 is 0. The number of nitrogens with one attached hydrogen (secondary N) is 2. The third-order valence-electron chi connectivity index (χ3n) is 2.67. The van der Waals surface area contributed by atoms with Crippen molar-refractivity contribution < 1.29 is 0 Å². The molecule has 0 radical (unpaired) electrons. The van der Waals surface area contributed by atoms with Gasteiger partial charge in [-0.25, -0.2) is 4.98 Å². The highest BCUT2D eigenvalue weighted by Gasteiger charge is 2.46. The zero-order valence-electron chi connectivity index (χ0n) is 8.31. The van der Waals surface area contributed by atoms with Crippen LogP contribution in [0.4, 0.5) is 11.6 Å². The highest BCUT2D eigenvalue weighted by atomic mass is 15.1. The molecule has 4 nitrogen and oxygen atoms in total. The summed E-state index contributed by atoms with van der Waals surface area (Å²) in [5.74, 6) is 2.30. The number of aromatic nitrogens is 2. The van der Waals surface area contributed by atoms with E-state index in [9.17, 15) is 0 Å². The van der Waals surface area contributed by atoms with E-state index in [2.05, 4.69) is 29.1 Å². The number of nitrogen functional groups attached to an aromatic ring is 1. The van der Waals surface area contributed by atoms with Crippen molar-refractivity contribution in [1.82, 2.24) is 9.97 Å². The number of H-pyrrole nitrogens is 1. The number of imidazole rings is 1. The molecule has 0 aliphatic heterocycles. The van der Waals surface area contributed by atoms with Crippen LogP contribution < -0.4 is 11.1 Å². The van der Waals surface area contributed by atoms with E-state index >= 15 is 0 Å². The van der Waals surface area contributed by atoms with Crippen LogP contribution in [-0.4, -0.2) is 16.0 Å². The third kappa shape index (κ3) is 1.48. The van der Waals surface area contributed by atoms with Crippen LogP contribution >= 0.6 is 0 Å². The molecule has 2 rings (SSSR count). The van der Waals surface area contributed by atoms with Gasteiger partial charge in [-0.2, -0.15) is 0 Å². The number of nitrogens with zero attached hydrogens (tertiary/aromatic N) is 1. The molecule has 1 aromatic heterocycles. The molecule has 1 atom stereocenters. The Bertz CT molecular complexity index is 326. The van der Waals surface area contributed by atoms with Gasteiger partial charge >= 0.3 is 0 Å². The highest BCUT2D eigenvalue weighted by molar-refractivity contribution is 5.58. The molecule has 1 unspecified atom stereocenters. The third-order valence-corrected chi connectivity index (χ3v) is 2.67. The van der Waals surface area contributed by atoms with Gasteiger partial charge in [0.15, 0.2) is 5.82 Å². The minimum Gasteiger partial charge on any atom is -0.382 e. The summed E-state index contributed by atoms with van der Waals surface area (Å²) in [6.07, 6.45) is 1.19. The summed E-state index contributed by atoms with van der Waals surface area (Å²) in [7, 11) is 0. The van der Waals surface area contributed by atoms with Crippen LogP contribution in [0.1, 0.15) is 26.1 Å². The van der Waals surface area contributed by atoms with E-state index in [-0.39, 0.29) is 0 Å². The Morgan fingerprint density at radius 2 is 2.23 bits per heavy atom. The molecule has 0 aromatic carbocycles. The number of anilines is 2. The lowest BCUT2D eigenvalue weighted by Crippen LogP contribution is -2.09. The van der Waals surface area contributed by atoms with Gasteiger partial charge in [-0.15, -0.1) is 0 Å². The van der Waals surface area contributed by atoms with Crippen molar-refractivity contribution in [2.75, 3.05) is 11.1 Å². The smallest absolute Gasteiger partial charge is 0.169 e. The fourth-order valence-electron chi connectivity index (χ4n) is 1.50. The van der Waals surface area contributed by atoms with Crippen LogP contribution in [0.25, 0.3) is 0 Å². The van der Waals surface area contributed by atoms with E-state index in [1.165, 1.54) is 6.42 Å². The molecular formula is C9H16N4. The molecule has 13 heavy (non-hydrogen) atoms. The van der Waals surface area contributed by atoms with Gasteiger partial charge in [0.05, 0.1) is 0 Å². The molecule has 4 N–H and O–H groups in total. The van der Waals surface area contributed by atoms with Crippen LogP contribution in [0, 0.1) is 12.3 Å². The molecule has 1 heterocycles. The molecule has 0 saturated heterocycles.